The first-order chi connectivity index (χ1) is 6.86. The highest BCUT2D eigenvalue weighted by Gasteiger charge is 2.10. The van der Waals surface area contributed by atoms with Crippen molar-refractivity contribution in [2.45, 2.75) is 0 Å². The number of oxime groups is 1. The SMILES string of the molecule is N#CC(=NO)c1cccc2snnc12. The monoisotopic (exact) mass is 204 g/mol. The van der Waals surface area contributed by atoms with Crippen LogP contribution in [-0.4, -0.2) is 20.5 Å². The molecule has 0 saturated heterocycles. The molecule has 0 aliphatic carbocycles. The highest BCUT2D eigenvalue weighted by atomic mass is 32.1. The van der Waals surface area contributed by atoms with Gasteiger partial charge in [0.25, 0.3) is 0 Å². The summed E-state index contributed by atoms with van der Waals surface area (Å²) < 4.78 is 4.62. The molecular weight excluding hydrogens is 200 g/mol. The van der Waals surface area contributed by atoms with Crippen molar-refractivity contribution < 1.29 is 5.21 Å². The maximum Gasteiger partial charge on any atom is 0.189 e. The molecule has 14 heavy (non-hydrogen) atoms. The predicted molar refractivity (Wildman–Crippen MR) is 51.4 cm³/mol. The molecule has 0 fully saturated rings. The van der Waals surface area contributed by atoms with Gasteiger partial charge in [0.15, 0.2) is 5.71 Å². The standard InChI is InChI=1S/C8H4N4OS/c9-4-6(11-13)5-2-1-3-7-8(5)10-12-14-7/h1-3,13H. The Kier molecular flexibility index (Phi) is 2.08. The van der Waals surface area contributed by atoms with E-state index in [2.05, 4.69) is 14.7 Å². The fourth-order valence-corrected chi connectivity index (χ4v) is 1.72. The first-order valence-corrected chi connectivity index (χ1v) is 4.47. The van der Waals surface area contributed by atoms with Gasteiger partial charge in [0, 0.05) is 5.56 Å². The predicted octanol–water partition coefficient (Wildman–Crippen LogP) is 1.39. The molecule has 0 bridgehead atoms. The average molecular weight is 204 g/mol. The third-order valence-corrected chi connectivity index (χ3v) is 2.43. The fourth-order valence-electron chi connectivity index (χ4n) is 1.13. The fraction of sp³-hybridized carbons (Fsp3) is 0. The molecule has 2 rings (SSSR count). The third-order valence-electron chi connectivity index (χ3n) is 1.74. The van der Waals surface area contributed by atoms with Gasteiger partial charge in [0.05, 0.1) is 4.70 Å². The van der Waals surface area contributed by atoms with Crippen LogP contribution < -0.4 is 0 Å². The zero-order valence-electron chi connectivity index (χ0n) is 6.88. The summed E-state index contributed by atoms with van der Waals surface area (Å²) in [7, 11) is 0. The van der Waals surface area contributed by atoms with Gasteiger partial charge in [0.2, 0.25) is 0 Å². The van der Waals surface area contributed by atoms with Gasteiger partial charge in [-0.15, -0.1) is 5.10 Å². The van der Waals surface area contributed by atoms with Crippen LogP contribution >= 0.6 is 11.5 Å². The molecule has 2 aromatic rings. The first-order valence-electron chi connectivity index (χ1n) is 3.70. The molecule has 0 atom stereocenters. The summed E-state index contributed by atoms with van der Waals surface area (Å²) in [5.41, 5.74) is 1.04. The molecule has 1 aromatic heterocycles. The van der Waals surface area contributed by atoms with E-state index in [0.717, 1.165) is 4.70 Å². The van der Waals surface area contributed by atoms with Crippen molar-refractivity contribution in [1.82, 2.24) is 9.59 Å². The normalized spacial score (nSPS) is 11.5. The number of aromatic nitrogens is 2. The Hall–Kier alpha value is -2.00. The van der Waals surface area contributed by atoms with Crippen molar-refractivity contribution >= 4 is 27.5 Å². The lowest BCUT2D eigenvalue weighted by molar-refractivity contribution is 0.320. The molecule has 6 heteroatoms. The second kappa shape index (κ2) is 3.40. The molecule has 0 unspecified atom stereocenters. The summed E-state index contributed by atoms with van der Waals surface area (Å²) in [5.74, 6) is 0. The van der Waals surface area contributed by atoms with Gasteiger partial charge in [-0.2, -0.15) is 5.26 Å². The first kappa shape index (κ1) is 8.59. The minimum absolute atomic E-state index is 0.0525. The highest BCUT2D eigenvalue weighted by Crippen LogP contribution is 2.19. The zero-order valence-corrected chi connectivity index (χ0v) is 7.69. The van der Waals surface area contributed by atoms with Crippen LogP contribution in [0.2, 0.25) is 0 Å². The lowest BCUT2D eigenvalue weighted by Gasteiger charge is -1.95. The van der Waals surface area contributed by atoms with Gasteiger partial charge in [-0.1, -0.05) is 15.7 Å². The molecule has 0 radical (unpaired) electrons. The van der Waals surface area contributed by atoms with E-state index in [1.54, 1.807) is 18.2 Å². The van der Waals surface area contributed by atoms with Crippen LogP contribution in [0.5, 0.6) is 0 Å². The molecule has 1 heterocycles. The second-order valence-corrected chi connectivity index (χ2v) is 3.27. The lowest BCUT2D eigenvalue weighted by atomic mass is 10.1. The van der Waals surface area contributed by atoms with Gasteiger partial charge in [-0.25, -0.2) is 0 Å². The number of rotatable bonds is 1. The second-order valence-electron chi connectivity index (χ2n) is 2.49. The number of nitriles is 1. The summed E-state index contributed by atoms with van der Waals surface area (Å²) in [4.78, 5) is 0. The van der Waals surface area contributed by atoms with Crippen molar-refractivity contribution in [2.24, 2.45) is 5.16 Å². The molecule has 5 nitrogen and oxygen atoms in total. The van der Waals surface area contributed by atoms with E-state index >= 15 is 0 Å². The average Bonchev–Trinajstić information content (AvgIpc) is 2.68. The number of benzene rings is 1. The summed E-state index contributed by atoms with van der Waals surface area (Å²) in [5, 5.41) is 24.0. The molecule has 0 saturated carbocycles. The largest absolute Gasteiger partial charge is 0.410 e. The summed E-state index contributed by atoms with van der Waals surface area (Å²) >= 11 is 1.23. The van der Waals surface area contributed by atoms with Crippen LogP contribution in [0, 0.1) is 11.3 Å². The summed E-state index contributed by atoms with van der Waals surface area (Å²) in [6, 6.07) is 7.06. The van der Waals surface area contributed by atoms with Gasteiger partial charge < -0.3 is 5.21 Å². The van der Waals surface area contributed by atoms with Crippen molar-refractivity contribution in [3.05, 3.63) is 23.8 Å². The molecule has 68 valence electrons. The number of fused-ring (bicyclic) bond motifs is 1. The molecule has 1 N–H and O–H groups in total. The number of hydrogen-bond acceptors (Lipinski definition) is 6. The maximum atomic E-state index is 8.69. The van der Waals surface area contributed by atoms with E-state index in [1.807, 2.05) is 6.07 Å². The third kappa shape index (κ3) is 1.20. The van der Waals surface area contributed by atoms with Crippen LogP contribution in [-0.2, 0) is 0 Å². The zero-order chi connectivity index (χ0) is 9.97. The van der Waals surface area contributed by atoms with Gasteiger partial charge in [0.1, 0.15) is 11.6 Å². The Morgan fingerprint density at radius 3 is 3.14 bits per heavy atom. The topological polar surface area (TPSA) is 82.2 Å². The van der Waals surface area contributed by atoms with Crippen LogP contribution in [0.4, 0.5) is 0 Å². The van der Waals surface area contributed by atoms with Crippen molar-refractivity contribution in [2.75, 3.05) is 0 Å². The van der Waals surface area contributed by atoms with Gasteiger partial charge in [-0.05, 0) is 23.7 Å². The van der Waals surface area contributed by atoms with Gasteiger partial charge >= 0.3 is 0 Å². The Morgan fingerprint density at radius 1 is 1.57 bits per heavy atom. The van der Waals surface area contributed by atoms with Crippen LogP contribution in [0.3, 0.4) is 0 Å². The molecule has 0 spiro atoms. The Bertz CT molecular complexity index is 540. The summed E-state index contributed by atoms with van der Waals surface area (Å²) in [6.07, 6.45) is 0. The molecule has 1 aromatic carbocycles. The molecule has 0 aliphatic heterocycles. The van der Waals surface area contributed by atoms with Gasteiger partial charge in [-0.3, -0.25) is 0 Å². The van der Waals surface area contributed by atoms with Crippen LogP contribution in [0.15, 0.2) is 23.4 Å². The Labute approximate surface area is 83.1 Å². The van der Waals surface area contributed by atoms with Crippen molar-refractivity contribution in [3.63, 3.8) is 0 Å². The van der Waals surface area contributed by atoms with E-state index in [-0.39, 0.29) is 5.71 Å². The molecular formula is C8H4N4OS. The molecule has 0 aliphatic rings. The van der Waals surface area contributed by atoms with Crippen LogP contribution in [0.1, 0.15) is 5.56 Å². The minimum atomic E-state index is -0.0525. The van der Waals surface area contributed by atoms with Crippen molar-refractivity contribution in [1.29, 1.82) is 5.26 Å². The maximum absolute atomic E-state index is 8.69. The number of hydrogen-bond donors (Lipinski definition) is 1. The van der Waals surface area contributed by atoms with Crippen molar-refractivity contribution in [3.8, 4) is 6.07 Å². The van der Waals surface area contributed by atoms with Crippen LogP contribution in [0.25, 0.3) is 10.2 Å². The van der Waals surface area contributed by atoms with E-state index < -0.39 is 0 Å². The molecule has 0 amide bonds. The number of nitrogens with zero attached hydrogens (tertiary/aromatic N) is 4. The minimum Gasteiger partial charge on any atom is -0.410 e. The summed E-state index contributed by atoms with van der Waals surface area (Å²) in [6.45, 7) is 0. The Balaban J connectivity index is 2.75. The Morgan fingerprint density at radius 2 is 2.43 bits per heavy atom. The lowest BCUT2D eigenvalue weighted by Crippen LogP contribution is -1.97. The van der Waals surface area contributed by atoms with E-state index in [1.165, 1.54) is 11.5 Å². The van der Waals surface area contributed by atoms with E-state index in [0.29, 0.717) is 11.1 Å². The van der Waals surface area contributed by atoms with E-state index in [9.17, 15) is 0 Å². The smallest absolute Gasteiger partial charge is 0.189 e. The van der Waals surface area contributed by atoms with E-state index in [4.69, 9.17) is 10.5 Å². The quantitative estimate of drug-likeness (QED) is 0.432. The highest BCUT2D eigenvalue weighted by molar-refractivity contribution is 7.13.